The molecule has 0 amide bonds. The molecule has 18 heavy (non-hydrogen) atoms. The lowest BCUT2D eigenvalue weighted by molar-refractivity contribution is 0.0845. The van der Waals surface area contributed by atoms with Crippen LogP contribution in [0.25, 0.3) is 0 Å². The van der Waals surface area contributed by atoms with Crippen molar-refractivity contribution < 1.29 is 0 Å². The second kappa shape index (κ2) is 6.62. The highest BCUT2D eigenvalue weighted by Gasteiger charge is 2.31. The van der Waals surface area contributed by atoms with Crippen molar-refractivity contribution in [2.24, 2.45) is 11.8 Å². The van der Waals surface area contributed by atoms with E-state index in [1.165, 1.54) is 76.2 Å². The molecule has 0 radical (unpaired) electrons. The van der Waals surface area contributed by atoms with E-state index in [0.717, 1.165) is 17.9 Å². The van der Waals surface area contributed by atoms with Crippen LogP contribution in [0.4, 0.5) is 0 Å². The smallest absolute Gasteiger partial charge is 0.0170 e. The molecule has 0 bridgehead atoms. The maximum atomic E-state index is 3.67. The van der Waals surface area contributed by atoms with Gasteiger partial charge in [0.1, 0.15) is 0 Å². The number of nitrogens with one attached hydrogen (secondary N) is 1. The summed E-state index contributed by atoms with van der Waals surface area (Å²) >= 11 is 2.13. The number of hydrogen-bond donors (Lipinski definition) is 1. The molecule has 0 aromatic heterocycles. The highest BCUT2D eigenvalue weighted by Crippen LogP contribution is 2.36. The van der Waals surface area contributed by atoms with E-state index in [0.29, 0.717) is 0 Å². The van der Waals surface area contributed by atoms with Crippen molar-refractivity contribution in [1.29, 1.82) is 0 Å². The molecule has 3 heteroatoms. The standard InChI is InChI=1S/C15H28N2S/c1-2-4-14-11-17(8-5-13(14)3-1)9-6-15-12-18-10-7-16-15/h13-16H,1-12H2. The fourth-order valence-electron chi connectivity index (χ4n) is 4.02. The molecule has 2 nitrogen and oxygen atoms in total. The monoisotopic (exact) mass is 268 g/mol. The Balaban J connectivity index is 1.40. The van der Waals surface area contributed by atoms with Crippen molar-refractivity contribution in [2.75, 3.05) is 37.7 Å². The number of rotatable bonds is 3. The molecule has 3 atom stereocenters. The fourth-order valence-corrected chi connectivity index (χ4v) is 5.02. The van der Waals surface area contributed by atoms with Gasteiger partial charge in [0.05, 0.1) is 0 Å². The highest BCUT2D eigenvalue weighted by molar-refractivity contribution is 7.99. The lowest BCUT2D eigenvalue weighted by Crippen LogP contribution is -2.45. The second-order valence-electron chi connectivity index (χ2n) is 6.41. The third-order valence-corrected chi connectivity index (χ3v) is 6.30. The molecule has 2 saturated heterocycles. The van der Waals surface area contributed by atoms with Crippen molar-refractivity contribution >= 4 is 11.8 Å². The van der Waals surface area contributed by atoms with Gasteiger partial charge in [0.25, 0.3) is 0 Å². The molecule has 2 aliphatic heterocycles. The van der Waals surface area contributed by atoms with Gasteiger partial charge in [0, 0.05) is 30.6 Å². The third kappa shape index (κ3) is 3.43. The molecule has 3 fully saturated rings. The summed E-state index contributed by atoms with van der Waals surface area (Å²) in [5.41, 5.74) is 0. The van der Waals surface area contributed by atoms with Crippen LogP contribution >= 0.6 is 11.8 Å². The first-order chi connectivity index (χ1) is 8.92. The van der Waals surface area contributed by atoms with Crippen LogP contribution in [0, 0.1) is 11.8 Å². The molecule has 2 heterocycles. The van der Waals surface area contributed by atoms with E-state index >= 15 is 0 Å². The van der Waals surface area contributed by atoms with Crippen molar-refractivity contribution in [3.05, 3.63) is 0 Å². The van der Waals surface area contributed by atoms with Gasteiger partial charge >= 0.3 is 0 Å². The van der Waals surface area contributed by atoms with Crippen LogP contribution in [0.3, 0.4) is 0 Å². The average Bonchev–Trinajstić information content (AvgIpc) is 2.46. The predicted molar refractivity (Wildman–Crippen MR) is 80.2 cm³/mol. The molecule has 3 rings (SSSR count). The summed E-state index contributed by atoms with van der Waals surface area (Å²) in [6, 6.07) is 0.785. The summed E-state index contributed by atoms with van der Waals surface area (Å²) in [4.78, 5) is 2.76. The van der Waals surface area contributed by atoms with Crippen molar-refractivity contribution in [3.8, 4) is 0 Å². The van der Waals surface area contributed by atoms with Gasteiger partial charge in [0.2, 0.25) is 0 Å². The zero-order valence-corrected chi connectivity index (χ0v) is 12.4. The quantitative estimate of drug-likeness (QED) is 0.847. The fraction of sp³-hybridized carbons (Fsp3) is 1.00. The summed E-state index contributed by atoms with van der Waals surface area (Å²) < 4.78 is 0. The summed E-state index contributed by atoms with van der Waals surface area (Å²) in [6.07, 6.45) is 8.89. The Labute approximate surface area is 116 Å². The van der Waals surface area contributed by atoms with Gasteiger partial charge in [-0.15, -0.1) is 0 Å². The van der Waals surface area contributed by atoms with Crippen LogP contribution in [0.15, 0.2) is 0 Å². The Hall–Kier alpha value is 0.270. The van der Waals surface area contributed by atoms with Gasteiger partial charge in [-0.2, -0.15) is 11.8 Å². The first-order valence-corrected chi connectivity index (χ1v) is 9.11. The number of fused-ring (bicyclic) bond motifs is 1. The zero-order valence-electron chi connectivity index (χ0n) is 11.6. The van der Waals surface area contributed by atoms with E-state index < -0.39 is 0 Å². The molecule has 0 aromatic rings. The van der Waals surface area contributed by atoms with Crippen molar-refractivity contribution in [2.45, 2.75) is 44.6 Å². The number of thioether (sulfide) groups is 1. The normalized spacial score (nSPS) is 38.3. The maximum Gasteiger partial charge on any atom is 0.0170 e. The topological polar surface area (TPSA) is 15.3 Å². The Morgan fingerprint density at radius 1 is 1.11 bits per heavy atom. The molecule has 3 unspecified atom stereocenters. The summed E-state index contributed by atoms with van der Waals surface area (Å²) in [6.45, 7) is 5.34. The van der Waals surface area contributed by atoms with Crippen LogP contribution in [-0.2, 0) is 0 Å². The molecule has 104 valence electrons. The van der Waals surface area contributed by atoms with Gasteiger partial charge in [-0.1, -0.05) is 19.3 Å². The maximum absolute atomic E-state index is 3.67. The minimum Gasteiger partial charge on any atom is -0.312 e. The Bertz CT molecular complexity index is 253. The van der Waals surface area contributed by atoms with Crippen LogP contribution in [0.1, 0.15) is 38.5 Å². The van der Waals surface area contributed by atoms with Gasteiger partial charge in [-0.05, 0) is 44.2 Å². The predicted octanol–water partition coefficient (Wildman–Crippen LogP) is 2.59. The van der Waals surface area contributed by atoms with Gasteiger partial charge in [-0.3, -0.25) is 0 Å². The van der Waals surface area contributed by atoms with Crippen LogP contribution < -0.4 is 5.32 Å². The van der Waals surface area contributed by atoms with Gasteiger partial charge in [0.15, 0.2) is 0 Å². The first-order valence-electron chi connectivity index (χ1n) is 7.95. The SMILES string of the molecule is C1CCC2CN(CCC3CSCCN3)CCC2C1. The molecular weight excluding hydrogens is 240 g/mol. The van der Waals surface area contributed by atoms with Crippen LogP contribution in [0.5, 0.6) is 0 Å². The van der Waals surface area contributed by atoms with E-state index in [9.17, 15) is 0 Å². The summed E-state index contributed by atoms with van der Waals surface area (Å²) in [5, 5.41) is 3.67. The first kappa shape index (κ1) is 13.3. The van der Waals surface area contributed by atoms with E-state index in [-0.39, 0.29) is 0 Å². The van der Waals surface area contributed by atoms with E-state index in [4.69, 9.17) is 0 Å². The van der Waals surface area contributed by atoms with Crippen molar-refractivity contribution in [3.63, 3.8) is 0 Å². The highest BCUT2D eigenvalue weighted by atomic mass is 32.2. The Kier molecular flexibility index (Phi) is 4.88. The largest absolute Gasteiger partial charge is 0.312 e. The second-order valence-corrected chi connectivity index (χ2v) is 7.56. The minimum atomic E-state index is 0.785. The number of likely N-dealkylation sites (tertiary alicyclic amines) is 1. The molecule has 1 N–H and O–H groups in total. The number of nitrogens with zero attached hydrogens (tertiary/aromatic N) is 1. The zero-order chi connectivity index (χ0) is 12.2. The lowest BCUT2D eigenvalue weighted by Gasteiger charge is -2.41. The molecule has 1 aliphatic carbocycles. The van der Waals surface area contributed by atoms with E-state index in [1.807, 2.05) is 0 Å². The van der Waals surface area contributed by atoms with Gasteiger partial charge < -0.3 is 10.2 Å². The van der Waals surface area contributed by atoms with Crippen LogP contribution in [-0.4, -0.2) is 48.6 Å². The molecule has 3 aliphatic rings. The lowest BCUT2D eigenvalue weighted by atomic mass is 9.75. The third-order valence-electron chi connectivity index (χ3n) is 5.17. The average molecular weight is 268 g/mol. The van der Waals surface area contributed by atoms with Gasteiger partial charge in [-0.25, -0.2) is 0 Å². The Morgan fingerprint density at radius 2 is 2.00 bits per heavy atom. The molecule has 0 aromatic carbocycles. The summed E-state index contributed by atoms with van der Waals surface area (Å²) in [7, 11) is 0. The molecular formula is C15H28N2S. The van der Waals surface area contributed by atoms with Crippen molar-refractivity contribution in [1.82, 2.24) is 10.2 Å². The van der Waals surface area contributed by atoms with E-state index in [2.05, 4.69) is 22.0 Å². The molecule has 0 spiro atoms. The Morgan fingerprint density at radius 3 is 2.83 bits per heavy atom. The van der Waals surface area contributed by atoms with E-state index in [1.54, 1.807) is 0 Å². The molecule has 1 saturated carbocycles. The number of piperidine rings is 1. The minimum absolute atomic E-state index is 0.785. The summed E-state index contributed by atoms with van der Waals surface area (Å²) in [5.74, 6) is 4.77. The van der Waals surface area contributed by atoms with Crippen LogP contribution in [0.2, 0.25) is 0 Å². The number of hydrogen-bond acceptors (Lipinski definition) is 3.